The largest absolute Gasteiger partial charge is 0.396 e. The molecule has 0 bridgehead atoms. The van der Waals surface area contributed by atoms with Gasteiger partial charge in [-0.1, -0.05) is 12.1 Å². The first kappa shape index (κ1) is 8.43. The summed E-state index contributed by atoms with van der Waals surface area (Å²) < 4.78 is 0. The van der Waals surface area contributed by atoms with Crippen molar-refractivity contribution in [3.8, 4) is 0 Å². The first-order chi connectivity index (χ1) is 4.31. The lowest BCUT2D eigenvalue weighted by molar-refractivity contribution is 0.159. The van der Waals surface area contributed by atoms with Crippen molar-refractivity contribution in [2.75, 3.05) is 6.61 Å². The molecule has 2 N–H and O–H groups in total. The van der Waals surface area contributed by atoms with Crippen molar-refractivity contribution in [1.82, 2.24) is 0 Å². The zero-order chi connectivity index (χ0) is 7.11. The third-order valence-electron chi connectivity index (χ3n) is 0.927. The fraction of sp³-hybridized carbons (Fsp3) is 0.833. The van der Waals surface area contributed by atoms with Crippen LogP contribution in [0.15, 0.2) is 5.16 Å². The predicted molar refractivity (Wildman–Crippen MR) is 38.4 cm³/mol. The maximum atomic E-state index is 5.48. The van der Waals surface area contributed by atoms with E-state index in [9.17, 15) is 0 Å². The van der Waals surface area contributed by atoms with Crippen LogP contribution in [0.5, 0.6) is 0 Å². The second-order valence-corrected chi connectivity index (χ2v) is 1.74. The second-order valence-electron chi connectivity index (χ2n) is 1.74. The molecule has 1 atom stereocenters. The predicted octanol–water partition coefficient (Wildman–Crippen LogP) is 0.746. The van der Waals surface area contributed by atoms with Crippen LogP contribution in [0.4, 0.5) is 0 Å². The van der Waals surface area contributed by atoms with Crippen LogP contribution in [0.1, 0.15) is 20.3 Å². The van der Waals surface area contributed by atoms with Gasteiger partial charge in [-0.15, -0.1) is 0 Å². The molecule has 0 aliphatic rings. The molecule has 0 aliphatic carbocycles. The van der Waals surface area contributed by atoms with Crippen LogP contribution in [0.25, 0.3) is 0 Å². The van der Waals surface area contributed by atoms with Crippen LogP contribution < -0.4 is 5.73 Å². The van der Waals surface area contributed by atoms with Crippen LogP contribution >= 0.6 is 0 Å². The summed E-state index contributed by atoms with van der Waals surface area (Å²) in [6.07, 6.45) is 2.51. The summed E-state index contributed by atoms with van der Waals surface area (Å²) in [5.74, 6) is 0. The van der Waals surface area contributed by atoms with Gasteiger partial charge in [-0.25, -0.2) is 0 Å². The van der Waals surface area contributed by atoms with E-state index in [1.54, 1.807) is 6.21 Å². The smallest absolute Gasteiger partial charge is 0.114 e. The summed E-state index contributed by atoms with van der Waals surface area (Å²) in [4.78, 5) is 4.70. The first-order valence-corrected chi connectivity index (χ1v) is 3.22. The average Bonchev–Trinajstić information content (AvgIpc) is 1.89. The zero-order valence-electron chi connectivity index (χ0n) is 6.00. The SMILES string of the molecule is CCON=CC(N)CC. The van der Waals surface area contributed by atoms with Gasteiger partial charge in [0.15, 0.2) is 0 Å². The fourth-order valence-corrected chi connectivity index (χ4v) is 0.301. The Hall–Kier alpha value is -0.570. The minimum Gasteiger partial charge on any atom is -0.396 e. The molecule has 9 heavy (non-hydrogen) atoms. The van der Waals surface area contributed by atoms with E-state index in [0.29, 0.717) is 6.61 Å². The van der Waals surface area contributed by atoms with E-state index in [0.717, 1.165) is 6.42 Å². The highest BCUT2D eigenvalue weighted by molar-refractivity contribution is 5.62. The molecule has 0 saturated heterocycles. The van der Waals surface area contributed by atoms with Crippen LogP contribution in [0.2, 0.25) is 0 Å². The molecular formula is C6H14N2O. The number of rotatable bonds is 4. The molecule has 0 saturated carbocycles. The molecule has 1 unspecified atom stereocenters. The van der Waals surface area contributed by atoms with Crippen molar-refractivity contribution in [2.24, 2.45) is 10.9 Å². The highest BCUT2D eigenvalue weighted by Crippen LogP contribution is 1.81. The van der Waals surface area contributed by atoms with Gasteiger partial charge >= 0.3 is 0 Å². The molecule has 0 radical (unpaired) electrons. The van der Waals surface area contributed by atoms with Gasteiger partial charge in [0.2, 0.25) is 0 Å². The molecule has 54 valence electrons. The summed E-state index contributed by atoms with van der Waals surface area (Å²) >= 11 is 0. The number of nitrogens with zero attached hydrogens (tertiary/aromatic N) is 1. The van der Waals surface area contributed by atoms with E-state index >= 15 is 0 Å². The Morgan fingerprint density at radius 3 is 2.78 bits per heavy atom. The van der Waals surface area contributed by atoms with Gasteiger partial charge in [0, 0.05) is 6.04 Å². The Labute approximate surface area is 55.9 Å². The van der Waals surface area contributed by atoms with Crippen molar-refractivity contribution in [3.05, 3.63) is 0 Å². The van der Waals surface area contributed by atoms with Crippen LogP contribution in [0.3, 0.4) is 0 Å². The lowest BCUT2D eigenvalue weighted by atomic mass is 10.3. The Balaban J connectivity index is 3.20. The summed E-state index contributed by atoms with van der Waals surface area (Å²) in [6, 6.07) is 0.0385. The minimum absolute atomic E-state index is 0.0385. The standard InChI is InChI=1S/C6H14N2O/c1-3-6(7)5-8-9-4-2/h5-6H,3-4,7H2,1-2H3. The van der Waals surface area contributed by atoms with Gasteiger partial charge in [-0.05, 0) is 13.3 Å². The molecule has 0 rings (SSSR count). The minimum atomic E-state index is 0.0385. The van der Waals surface area contributed by atoms with Crippen molar-refractivity contribution in [3.63, 3.8) is 0 Å². The maximum Gasteiger partial charge on any atom is 0.114 e. The van der Waals surface area contributed by atoms with Crippen LogP contribution in [-0.2, 0) is 4.84 Å². The van der Waals surface area contributed by atoms with Crippen molar-refractivity contribution in [2.45, 2.75) is 26.3 Å². The molecule has 0 aromatic rings. The van der Waals surface area contributed by atoms with Crippen LogP contribution in [-0.4, -0.2) is 18.9 Å². The Morgan fingerprint density at radius 1 is 1.67 bits per heavy atom. The van der Waals surface area contributed by atoms with Crippen molar-refractivity contribution < 1.29 is 4.84 Å². The molecule has 3 heteroatoms. The van der Waals surface area contributed by atoms with Gasteiger partial charge in [-0.3, -0.25) is 0 Å². The van der Waals surface area contributed by atoms with Gasteiger partial charge in [0.05, 0.1) is 6.21 Å². The van der Waals surface area contributed by atoms with Gasteiger partial charge < -0.3 is 10.6 Å². The lowest BCUT2D eigenvalue weighted by Gasteiger charge is -1.97. The monoisotopic (exact) mass is 130 g/mol. The number of oxime groups is 1. The van der Waals surface area contributed by atoms with Crippen molar-refractivity contribution >= 4 is 6.21 Å². The van der Waals surface area contributed by atoms with E-state index in [2.05, 4.69) is 5.16 Å². The molecule has 0 amide bonds. The van der Waals surface area contributed by atoms with E-state index in [1.165, 1.54) is 0 Å². The van der Waals surface area contributed by atoms with E-state index in [1.807, 2.05) is 13.8 Å². The molecule has 0 aromatic heterocycles. The molecular weight excluding hydrogens is 116 g/mol. The number of hydrogen-bond donors (Lipinski definition) is 1. The summed E-state index contributed by atoms with van der Waals surface area (Å²) in [6.45, 7) is 4.49. The third-order valence-corrected chi connectivity index (χ3v) is 0.927. The van der Waals surface area contributed by atoms with Crippen molar-refractivity contribution in [1.29, 1.82) is 0 Å². The average molecular weight is 130 g/mol. The Bertz CT molecular complexity index is 83.1. The van der Waals surface area contributed by atoms with E-state index in [-0.39, 0.29) is 6.04 Å². The highest BCUT2D eigenvalue weighted by atomic mass is 16.6. The van der Waals surface area contributed by atoms with E-state index < -0.39 is 0 Å². The molecule has 0 heterocycles. The number of nitrogens with two attached hydrogens (primary N) is 1. The second kappa shape index (κ2) is 5.56. The molecule has 0 fully saturated rings. The molecule has 3 nitrogen and oxygen atoms in total. The maximum absolute atomic E-state index is 5.48. The van der Waals surface area contributed by atoms with Gasteiger partial charge in [0.1, 0.15) is 6.61 Å². The van der Waals surface area contributed by atoms with Gasteiger partial charge in [-0.2, -0.15) is 0 Å². The molecule has 0 aromatic carbocycles. The fourth-order valence-electron chi connectivity index (χ4n) is 0.301. The Kier molecular flexibility index (Phi) is 5.21. The lowest BCUT2D eigenvalue weighted by Crippen LogP contribution is -2.19. The normalized spacial score (nSPS) is 14.1. The first-order valence-electron chi connectivity index (χ1n) is 3.22. The topological polar surface area (TPSA) is 47.6 Å². The molecule has 0 aliphatic heterocycles. The third kappa shape index (κ3) is 5.30. The molecule has 0 spiro atoms. The highest BCUT2D eigenvalue weighted by Gasteiger charge is 1.89. The van der Waals surface area contributed by atoms with E-state index in [4.69, 9.17) is 10.6 Å². The Morgan fingerprint density at radius 2 is 2.33 bits per heavy atom. The zero-order valence-corrected chi connectivity index (χ0v) is 6.00. The quantitative estimate of drug-likeness (QED) is 0.451. The van der Waals surface area contributed by atoms with Crippen LogP contribution in [0, 0.1) is 0 Å². The number of hydrogen-bond acceptors (Lipinski definition) is 3. The summed E-state index contributed by atoms with van der Waals surface area (Å²) in [5.41, 5.74) is 5.48. The van der Waals surface area contributed by atoms with Gasteiger partial charge in [0.25, 0.3) is 0 Å². The summed E-state index contributed by atoms with van der Waals surface area (Å²) in [5, 5.41) is 3.61. The summed E-state index contributed by atoms with van der Waals surface area (Å²) in [7, 11) is 0.